The van der Waals surface area contributed by atoms with E-state index in [1.165, 1.54) is 11.1 Å². The highest BCUT2D eigenvalue weighted by molar-refractivity contribution is 14.1. The lowest BCUT2D eigenvalue weighted by Gasteiger charge is -2.17. The molecule has 0 aliphatic carbocycles. The predicted molar refractivity (Wildman–Crippen MR) is 83.9 cm³/mol. The molecule has 0 radical (unpaired) electrons. The van der Waals surface area contributed by atoms with Crippen molar-refractivity contribution < 1.29 is 4.74 Å². The summed E-state index contributed by atoms with van der Waals surface area (Å²) in [5.41, 5.74) is 2.50. The third-order valence-electron chi connectivity index (χ3n) is 2.84. The number of rotatable bonds is 6. The van der Waals surface area contributed by atoms with Gasteiger partial charge in [-0.3, -0.25) is 0 Å². The van der Waals surface area contributed by atoms with Crippen LogP contribution in [0, 0.1) is 0 Å². The van der Waals surface area contributed by atoms with E-state index in [0.717, 1.165) is 10.8 Å². The van der Waals surface area contributed by atoms with Crippen molar-refractivity contribution >= 4 is 22.6 Å². The Kier molecular flexibility index (Phi) is 5.68. The molecule has 2 rings (SSSR count). The maximum atomic E-state index is 6.05. The summed E-state index contributed by atoms with van der Waals surface area (Å²) >= 11 is 2.40. The van der Waals surface area contributed by atoms with Crippen LogP contribution in [0.2, 0.25) is 0 Å². The van der Waals surface area contributed by atoms with E-state index in [2.05, 4.69) is 71.1 Å². The first-order chi connectivity index (χ1) is 8.90. The van der Waals surface area contributed by atoms with Crippen molar-refractivity contribution in [1.82, 2.24) is 0 Å². The van der Waals surface area contributed by atoms with Gasteiger partial charge in [-0.05, 0) is 17.5 Å². The lowest BCUT2D eigenvalue weighted by molar-refractivity contribution is 0.0384. The highest BCUT2D eigenvalue weighted by atomic mass is 127. The molecule has 0 amide bonds. The van der Waals surface area contributed by atoms with Crippen LogP contribution in [0.1, 0.15) is 23.7 Å². The quantitative estimate of drug-likeness (QED) is 0.538. The number of alkyl halides is 1. The molecule has 0 aliphatic heterocycles. The van der Waals surface area contributed by atoms with Crippen molar-refractivity contribution in [1.29, 1.82) is 0 Å². The molecule has 1 atom stereocenters. The van der Waals surface area contributed by atoms with Gasteiger partial charge in [-0.1, -0.05) is 83.3 Å². The van der Waals surface area contributed by atoms with Gasteiger partial charge >= 0.3 is 0 Å². The van der Waals surface area contributed by atoms with Gasteiger partial charge in [-0.2, -0.15) is 0 Å². The van der Waals surface area contributed by atoms with Gasteiger partial charge in [0.1, 0.15) is 0 Å². The lowest BCUT2D eigenvalue weighted by Crippen LogP contribution is -2.05. The molecule has 0 aliphatic rings. The molecule has 0 saturated carbocycles. The van der Waals surface area contributed by atoms with Gasteiger partial charge in [0.15, 0.2) is 0 Å². The molecule has 2 aromatic rings. The molecule has 1 unspecified atom stereocenters. The van der Waals surface area contributed by atoms with E-state index in [-0.39, 0.29) is 6.10 Å². The van der Waals surface area contributed by atoms with Crippen LogP contribution in [-0.2, 0) is 11.3 Å². The molecule has 0 spiro atoms. The van der Waals surface area contributed by atoms with Crippen LogP contribution >= 0.6 is 22.6 Å². The average molecular weight is 352 g/mol. The monoisotopic (exact) mass is 352 g/mol. The summed E-state index contributed by atoms with van der Waals surface area (Å²) in [6.07, 6.45) is 1.25. The Morgan fingerprint density at radius 3 is 2.11 bits per heavy atom. The Hall–Kier alpha value is -0.870. The topological polar surface area (TPSA) is 9.23 Å². The molecule has 0 fully saturated rings. The Balaban J connectivity index is 1.99. The fraction of sp³-hybridized carbons (Fsp3) is 0.250. The Morgan fingerprint density at radius 2 is 1.50 bits per heavy atom. The van der Waals surface area contributed by atoms with Gasteiger partial charge in [-0.15, -0.1) is 0 Å². The fourth-order valence-electron chi connectivity index (χ4n) is 1.88. The van der Waals surface area contributed by atoms with Crippen molar-refractivity contribution in [2.24, 2.45) is 0 Å². The van der Waals surface area contributed by atoms with E-state index in [1.54, 1.807) is 0 Å². The molecule has 0 heterocycles. The molecule has 0 saturated heterocycles. The minimum atomic E-state index is 0.198. The average Bonchev–Trinajstić information content (AvgIpc) is 2.45. The molecular weight excluding hydrogens is 335 g/mol. The Labute approximate surface area is 122 Å². The van der Waals surface area contributed by atoms with Crippen LogP contribution in [0.15, 0.2) is 60.7 Å². The number of hydrogen-bond acceptors (Lipinski definition) is 1. The van der Waals surface area contributed by atoms with Gasteiger partial charge in [0.2, 0.25) is 0 Å². The predicted octanol–water partition coefficient (Wildman–Crippen LogP) is 4.77. The van der Waals surface area contributed by atoms with E-state index in [9.17, 15) is 0 Å². The summed E-state index contributed by atoms with van der Waals surface area (Å²) in [4.78, 5) is 0. The number of benzene rings is 2. The van der Waals surface area contributed by atoms with E-state index in [4.69, 9.17) is 4.74 Å². The number of hydrogen-bond donors (Lipinski definition) is 0. The van der Waals surface area contributed by atoms with Gasteiger partial charge < -0.3 is 4.74 Å². The minimum Gasteiger partial charge on any atom is -0.369 e. The highest BCUT2D eigenvalue weighted by Crippen LogP contribution is 2.23. The second kappa shape index (κ2) is 7.54. The van der Waals surface area contributed by atoms with Gasteiger partial charge in [0, 0.05) is 4.43 Å². The zero-order chi connectivity index (χ0) is 12.6. The molecular formula is C16H17IO. The van der Waals surface area contributed by atoms with Crippen molar-refractivity contribution in [3.05, 3.63) is 71.8 Å². The fourth-order valence-corrected chi connectivity index (χ4v) is 2.45. The third kappa shape index (κ3) is 4.10. The Bertz CT molecular complexity index is 441. The maximum absolute atomic E-state index is 6.05. The van der Waals surface area contributed by atoms with Crippen molar-refractivity contribution in [3.63, 3.8) is 0 Å². The summed E-state index contributed by atoms with van der Waals surface area (Å²) in [7, 11) is 0. The van der Waals surface area contributed by atoms with Gasteiger partial charge in [0.05, 0.1) is 12.7 Å². The molecule has 0 N–H and O–H groups in total. The van der Waals surface area contributed by atoms with Crippen LogP contribution in [0.5, 0.6) is 0 Å². The van der Waals surface area contributed by atoms with E-state index in [0.29, 0.717) is 6.61 Å². The molecule has 1 nitrogen and oxygen atoms in total. The van der Waals surface area contributed by atoms with Crippen molar-refractivity contribution in [3.8, 4) is 0 Å². The molecule has 94 valence electrons. The van der Waals surface area contributed by atoms with E-state index < -0.39 is 0 Å². The second-order valence-corrected chi connectivity index (χ2v) is 5.25. The molecule has 2 heteroatoms. The smallest absolute Gasteiger partial charge is 0.0836 e. The van der Waals surface area contributed by atoms with E-state index >= 15 is 0 Å². The zero-order valence-electron chi connectivity index (χ0n) is 10.3. The summed E-state index contributed by atoms with van der Waals surface area (Å²) in [5.74, 6) is 0. The van der Waals surface area contributed by atoms with Crippen molar-refractivity contribution in [2.45, 2.75) is 19.1 Å². The van der Waals surface area contributed by atoms with Gasteiger partial charge in [0.25, 0.3) is 0 Å². The summed E-state index contributed by atoms with van der Waals surface area (Å²) in [5, 5.41) is 0. The van der Waals surface area contributed by atoms with Crippen molar-refractivity contribution in [2.75, 3.05) is 4.43 Å². The number of halogens is 1. The minimum absolute atomic E-state index is 0.198. The van der Waals surface area contributed by atoms with Crippen LogP contribution in [-0.4, -0.2) is 4.43 Å². The second-order valence-electron chi connectivity index (χ2n) is 4.17. The van der Waals surface area contributed by atoms with Crippen LogP contribution < -0.4 is 0 Å². The highest BCUT2D eigenvalue weighted by Gasteiger charge is 2.10. The first-order valence-electron chi connectivity index (χ1n) is 6.16. The number of ether oxygens (including phenoxy) is 1. The zero-order valence-corrected chi connectivity index (χ0v) is 12.4. The summed E-state index contributed by atoms with van der Waals surface area (Å²) < 4.78 is 7.15. The normalized spacial score (nSPS) is 12.3. The molecule has 18 heavy (non-hydrogen) atoms. The van der Waals surface area contributed by atoms with E-state index in [1.807, 2.05) is 12.1 Å². The SMILES string of the molecule is ICCC(OCc1ccccc1)c1ccccc1. The first kappa shape index (κ1) is 13.6. The largest absolute Gasteiger partial charge is 0.369 e. The summed E-state index contributed by atoms with van der Waals surface area (Å²) in [6, 6.07) is 20.8. The van der Waals surface area contributed by atoms with Crippen LogP contribution in [0.4, 0.5) is 0 Å². The summed E-state index contributed by atoms with van der Waals surface area (Å²) in [6.45, 7) is 0.678. The third-order valence-corrected chi connectivity index (χ3v) is 3.46. The molecule has 0 bridgehead atoms. The van der Waals surface area contributed by atoms with Crippen LogP contribution in [0.3, 0.4) is 0 Å². The standard InChI is InChI=1S/C16H17IO/c17-12-11-16(15-9-5-2-6-10-15)18-13-14-7-3-1-4-8-14/h1-10,16H,11-13H2. The lowest BCUT2D eigenvalue weighted by atomic mass is 10.1. The van der Waals surface area contributed by atoms with Crippen LogP contribution in [0.25, 0.3) is 0 Å². The Morgan fingerprint density at radius 1 is 0.889 bits per heavy atom. The molecule has 2 aromatic carbocycles. The maximum Gasteiger partial charge on any atom is 0.0836 e. The molecule has 0 aromatic heterocycles. The first-order valence-corrected chi connectivity index (χ1v) is 7.69. The van der Waals surface area contributed by atoms with Gasteiger partial charge in [-0.25, -0.2) is 0 Å².